The molecule has 3 rings (SSSR count). The van der Waals surface area contributed by atoms with Gasteiger partial charge in [-0.2, -0.15) is 0 Å². The Labute approximate surface area is 174 Å². The van der Waals surface area contributed by atoms with Crippen molar-refractivity contribution in [3.8, 4) is 5.75 Å². The van der Waals surface area contributed by atoms with E-state index in [1.54, 1.807) is 57.4 Å². The Bertz CT molecular complexity index is 973. The van der Waals surface area contributed by atoms with Crippen molar-refractivity contribution in [2.75, 3.05) is 31.4 Å². The Hall–Kier alpha value is -3.06. The molecule has 152 valence electrons. The maximum Gasteiger partial charge on any atom is 0.256 e. The molecule has 1 aliphatic rings. The molecule has 1 aliphatic heterocycles. The van der Waals surface area contributed by atoms with Gasteiger partial charge in [0.1, 0.15) is 11.8 Å². The molecule has 1 N–H and O–H groups in total. The average Bonchev–Trinajstić information content (AvgIpc) is 2.96. The second-order valence-corrected chi connectivity index (χ2v) is 7.43. The average molecular weight is 416 g/mol. The highest BCUT2D eigenvalue weighted by molar-refractivity contribution is 6.32. The molecule has 2 aromatic carbocycles. The van der Waals surface area contributed by atoms with E-state index in [0.29, 0.717) is 27.7 Å². The van der Waals surface area contributed by atoms with E-state index in [9.17, 15) is 14.4 Å². The number of imide groups is 1. The standard InChI is InChI=1S/C21H22ClN3O4/c1-12-9-17(18(29-4)10-15(12)22)25-19(26)11-16(21(25)28)23-14-7-5-13(6-8-14)20(27)24(2)3/h5-10,16,23H,11H2,1-4H3/t16-/m1/s1. The molecule has 0 aromatic heterocycles. The lowest BCUT2D eigenvalue weighted by molar-refractivity contribution is -0.121. The van der Waals surface area contributed by atoms with E-state index >= 15 is 0 Å². The summed E-state index contributed by atoms with van der Waals surface area (Å²) >= 11 is 6.13. The van der Waals surface area contributed by atoms with Crippen LogP contribution in [0.15, 0.2) is 36.4 Å². The lowest BCUT2D eigenvalue weighted by Crippen LogP contribution is -2.35. The molecule has 0 aliphatic carbocycles. The van der Waals surface area contributed by atoms with Crippen LogP contribution in [0.5, 0.6) is 5.75 Å². The summed E-state index contributed by atoms with van der Waals surface area (Å²) in [7, 11) is 4.82. The SMILES string of the molecule is COc1cc(Cl)c(C)cc1N1C(=O)C[C@@H](Nc2ccc(C(=O)N(C)C)cc2)C1=O. The number of rotatable bonds is 5. The fourth-order valence-electron chi connectivity index (χ4n) is 3.15. The van der Waals surface area contributed by atoms with Crippen LogP contribution in [0.25, 0.3) is 0 Å². The van der Waals surface area contributed by atoms with Crippen molar-refractivity contribution in [3.63, 3.8) is 0 Å². The molecule has 0 spiro atoms. The van der Waals surface area contributed by atoms with Gasteiger partial charge in [-0.15, -0.1) is 0 Å². The minimum Gasteiger partial charge on any atom is -0.495 e. The summed E-state index contributed by atoms with van der Waals surface area (Å²) < 4.78 is 5.31. The van der Waals surface area contributed by atoms with Gasteiger partial charge in [-0.3, -0.25) is 14.4 Å². The van der Waals surface area contributed by atoms with Gasteiger partial charge >= 0.3 is 0 Å². The summed E-state index contributed by atoms with van der Waals surface area (Å²) in [6, 6.07) is 9.33. The fraction of sp³-hybridized carbons (Fsp3) is 0.286. The molecule has 0 unspecified atom stereocenters. The Morgan fingerprint density at radius 2 is 1.86 bits per heavy atom. The van der Waals surface area contributed by atoms with Crippen molar-refractivity contribution in [1.29, 1.82) is 0 Å². The van der Waals surface area contributed by atoms with Crippen LogP contribution in [-0.2, 0) is 9.59 Å². The van der Waals surface area contributed by atoms with Crippen molar-refractivity contribution in [3.05, 3.63) is 52.5 Å². The Morgan fingerprint density at radius 1 is 1.21 bits per heavy atom. The predicted octanol–water partition coefficient (Wildman–Crippen LogP) is 3.10. The van der Waals surface area contributed by atoms with Crippen molar-refractivity contribution >= 4 is 40.7 Å². The van der Waals surface area contributed by atoms with Crippen molar-refractivity contribution in [1.82, 2.24) is 4.90 Å². The second kappa shape index (κ2) is 8.13. The first-order valence-electron chi connectivity index (χ1n) is 9.02. The molecule has 1 fully saturated rings. The van der Waals surface area contributed by atoms with Crippen LogP contribution in [0.4, 0.5) is 11.4 Å². The van der Waals surface area contributed by atoms with Crippen LogP contribution >= 0.6 is 11.6 Å². The molecule has 0 saturated carbocycles. The zero-order valence-corrected chi connectivity index (χ0v) is 17.4. The molecule has 0 bridgehead atoms. The number of hydrogen-bond acceptors (Lipinski definition) is 5. The van der Waals surface area contributed by atoms with Gasteiger partial charge in [-0.25, -0.2) is 4.90 Å². The maximum absolute atomic E-state index is 12.9. The molecule has 3 amide bonds. The van der Waals surface area contributed by atoms with Crippen LogP contribution < -0.4 is 15.0 Å². The number of nitrogens with zero attached hydrogens (tertiary/aromatic N) is 2. The number of halogens is 1. The summed E-state index contributed by atoms with van der Waals surface area (Å²) in [4.78, 5) is 40.1. The Morgan fingerprint density at radius 3 is 2.45 bits per heavy atom. The topological polar surface area (TPSA) is 79.0 Å². The smallest absolute Gasteiger partial charge is 0.256 e. The zero-order valence-electron chi connectivity index (χ0n) is 16.7. The summed E-state index contributed by atoms with van der Waals surface area (Å²) in [5.74, 6) is -0.454. The van der Waals surface area contributed by atoms with Crippen LogP contribution in [0.1, 0.15) is 22.3 Å². The van der Waals surface area contributed by atoms with E-state index in [4.69, 9.17) is 16.3 Å². The highest BCUT2D eigenvalue weighted by atomic mass is 35.5. The van der Waals surface area contributed by atoms with Crippen LogP contribution in [0.3, 0.4) is 0 Å². The number of aryl methyl sites for hydroxylation is 1. The van der Waals surface area contributed by atoms with E-state index in [0.717, 1.165) is 10.5 Å². The third-order valence-corrected chi connectivity index (χ3v) is 5.13. The molecule has 2 aromatic rings. The van der Waals surface area contributed by atoms with Gasteiger partial charge in [0.05, 0.1) is 19.2 Å². The zero-order chi connectivity index (χ0) is 21.3. The number of methoxy groups -OCH3 is 1. The first-order chi connectivity index (χ1) is 13.7. The monoisotopic (exact) mass is 415 g/mol. The molecule has 8 heteroatoms. The first-order valence-corrected chi connectivity index (χ1v) is 9.40. The summed E-state index contributed by atoms with van der Waals surface area (Å²) in [6.45, 7) is 1.79. The van der Waals surface area contributed by atoms with Gasteiger partial charge in [0.15, 0.2) is 0 Å². The predicted molar refractivity (Wildman–Crippen MR) is 112 cm³/mol. The third kappa shape index (κ3) is 4.05. The van der Waals surface area contributed by atoms with Crippen molar-refractivity contribution < 1.29 is 19.1 Å². The Kier molecular flexibility index (Phi) is 5.79. The van der Waals surface area contributed by atoms with E-state index in [1.165, 1.54) is 12.0 Å². The van der Waals surface area contributed by atoms with Gasteiger partial charge in [-0.1, -0.05) is 11.6 Å². The molecular weight excluding hydrogens is 394 g/mol. The number of ether oxygens (including phenoxy) is 1. The van der Waals surface area contributed by atoms with Crippen LogP contribution in [-0.4, -0.2) is 49.9 Å². The normalized spacial score (nSPS) is 16.2. The van der Waals surface area contributed by atoms with Gasteiger partial charge in [0.2, 0.25) is 5.91 Å². The van der Waals surface area contributed by atoms with Gasteiger partial charge in [0.25, 0.3) is 11.8 Å². The minimum absolute atomic E-state index is 0.0159. The number of anilines is 2. The van der Waals surface area contributed by atoms with Gasteiger partial charge < -0.3 is 15.0 Å². The minimum atomic E-state index is -0.710. The summed E-state index contributed by atoms with van der Waals surface area (Å²) in [5, 5.41) is 3.57. The van der Waals surface area contributed by atoms with E-state index in [1.807, 2.05) is 0 Å². The van der Waals surface area contributed by atoms with Crippen LogP contribution in [0.2, 0.25) is 5.02 Å². The van der Waals surface area contributed by atoms with E-state index in [-0.39, 0.29) is 24.1 Å². The highest BCUT2D eigenvalue weighted by Gasteiger charge is 2.41. The molecular formula is C21H22ClN3O4. The summed E-state index contributed by atoms with van der Waals surface area (Å²) in [6.07, 6.45) is 0.0159. The van der Waals surface area contributed by atoms with Crippen molar-refractivity contribution in [2.24, 2.45) is 0 Å². The van der Waals surface area contributed by atoms with Gasteiger partial charge in [0, 0.05) is 36.4 Å². The number of carbonyl (C=O) groups excluding carboxylic acids is 3. The molecule has 1 saturated heterocycles. The molecule has 1 atom stereocenters. The molecule has 7 nitrogen and oxygen atoms in total. The number of carbonyl (C=O) groups is 3. The van der Waals surface area contributed by atoms with E-state index in [2.05, 4.69) is 5.32 Å². The number of amides is 3. The quantitative estimate of drug-likeness (QED) is 0.759. The molecule has 1 heterocycles. The molecule has 29 heavy (non-hydrogen) atoms. The highest BCUT2D eigenvalue weighted by Crippen LogP contribution is 2.36. The number of nitrogens with one attached hydrogen (secondary N) is 1. The Balaban J connectivity index is 1.81. The van der Waals surface area contributed by atoms with Crippen LogP contribution in [0, 0.1) is 6.92 Å². The lowest BCUT2D eigenvalue weighted by atomic mass is 10.1. The number of benzene rings is 2. The van der Waals surface area contributed by atoms with Crippen molar-refractivity contribution in [2.45, 2.75) is 19.4 Å². The maximum atomic E-state index is 12.9. The van der Waals surface area contributed by atoms with Gasteiger partial charge in [-0.05, 0) is 42.8 Å². The lowest BCUT2D eigenvalue weighted by Gasteiger charge is -2.20. The number of hydrogen-bond donors (Lipinski definition) is 1. The fourth-order valence-corrected chi connectivity index (χ4v) is 3.31. The summed E-state index contributed by atoms with van der Waals surface area (Å²) in [5.41, 5.74) is 2.30. The third-order valence-electron chi connectivity index (χ3n) is 4.73. The van der Waals surface area contributed by atoms with E-state index < -0.39 is 6.04 Å². The second-order valence-electron chi connectivity index (χ2n) is 7.02. The molecule has 0 radical (unpaired) electrons. The first kappa shape index (κ1) is 20.7. The largest absolute Gasteiger partial charge is 0.495 e.